The number of hydrogen-bond acceptors (Lipinski definition) is 2. The molecule has 0 amide bonds. The van der Waals surface area contributed by atoms with Crippen molar-refractivity contribution < 1.29 is 40.3 Å². The minimum Gasteiger partial charge on any atom is -0.465 e. The van der Waals surface area contributed by atoms with E-state index < -0.39 is 55.8 Å². The molecule has 0 spiro atoms. The van der Waals surface area contributed by atoms with Crippen molar-refractivity contribution in [3.8, 4) is 0 Å². The summed E-state index contributed by atoms with van der Waals surface area (Å²) in [6.07, 6.45) is -10.9. The van der Waals surface area contributed by atoms with E-state index in [0.717, 1.165) is 0 Å². The fourth-order valence-electron chi connectivity index (χ4n) is 1.43. The third kappa shape index (κ3) is 9.52. The van der Waals surface area contributed by atoms with Crippen LogP contribution in [-0.2, 0) is 9.53 Å². The van der Waals surface area contributed by atoms with Crippen LogP contribution in [0.15, 0.2) is 0 Å². The second-order valence-corrected chi connectivity index (χ2v) is 4.91. The second kappa shape index (κ2) is 7.31. The third-order valence-electron chi connectivity index (χ3n) is 2.70. The first-order valence-corrected chi connectivity index (χ1v) is 6.27. The number of carbonyl (C=O) groups excluding carboxylic acids is 1. The molecule has 0 aliphatic carbocycles. The van der Waals surface area contributed by atoms with Crippen LogP contribution < -0.4 is 0 Å². The minimum atomic E-state index is -5.23. The van der Waals surface area contributed by atoms with Crippen LogP contribution in [0.4, 0.5) is 30.7 Å². The Morgan fingerprint density at radius 3 is 1.95 bits per heavy atom. The monoisotopic (exact) mass is 326 g/mol. The van der Waals surface area contributed by atoms with E-state index >= 15 is 0 Å². The molecule has 0 aromatic rings. The quantitative estimate of drug-likeness (QED) is 0.482. The fourth-order valence-corrected chi connectivity index (χ4v) is 1.43. The highest BCUT2D eigenvalue weighted by Crippen LogP contribution is 2.40. The Balaban J connectivity index is 4.34. The summed E-state index contributed by atoms with van der Waals surface area (Å²) in [5, 5.41) is 0. The Bertz CT molecular complexity index is 339. The van der Waals surface area contributed by atoms with E-state index in [0.29, 0.717) is 6.42 Å². The lowest BCUT2D eigenvalue weighted by molar-refractivity contribution is -0.207. The Morgan fingerprint density at radius 2 is 1.52 bits per heavy atom. The summed E-state index contributed by atoms with van der Waals surface area (Å²) < 4.78 is 92.0. The van der Waals surface area contributed by atoms with Gasteiger partial charge < -0.3 is 4.74 Å². The van der Waals surface area contributed by atoms with Gasteiger partial charge in [-0.1, -0.05) is 13.8 Å². The predicted octanol–water partition coefficient (Wildman–Crippen LogP) is 4.58. The van der Waals surface area contributed by atoms with Gasteiger partial charge in [0.25, 0.3) is 11.8 Å². The summed E-state index contributed by atoms with van der Waals surface area (Å²) in [6.45, 7) is 2.34. The summed E-state index contributed by atoms with van der Waals surface area (Å²) in [7, 11) is 0. The molecule has 0 aromatic carbocycles. The van der Waals surface area contributed by atoms with E-state index in [4.69, 9.17) is 0 Å². The van der Waals surface area contributed by atoms with Crippen LogP contribution in [-0.4, -0.2) is 30.6 Å². The van der Waals surface area contributed by atoms with E-state index in [-0.39, 0.29) is 0 Å². The summed E-state index contributed by atoms with van der Waals surface area (Å²) >= 11 is 0. The number of alkyl halides is 7. The van der Waals surface area contributed by atoms with Crippen molar-refractivity contribution in [3.63, 3.8) is 0 Å². The van der Waals surface area contributed by atoms with Crippen molar-refractivity contribution in [2.45, 2.75) is 57.6 Å². The average Bonchev–Trinajstić information content (AvgIpc) is 2.22. The van der Waals surface area contributed by atoms with Crippen molar-refractivity contribution >= 4 is 5.97 Å². The Morgan fingerprint density at radius 1 is 1.00 bits per heavy atom. The lowest BCUT2D eigenvalue weighted by atomic mass is 10.0. The van der Waals surface area contributed by atoms with Gasteiger partial charge in [0.05, 0.1) is 18.9 Å². The van der Waals surface area contributed by atoms with Crippen molar-refractivity contribution in [2.75, 3.05) is 6.61 Å². The number of esters is 1. The van der Waals surface area contributed by atoms with Gasteiger partial charge in [-0.2, -0.15) is 13.2 Å². The Kier molecular flexibility index (Phi) is 6.95. The molecule has 21 heavy (non-hydrogen) atoms. The molecule has 0 saturated carbocycles. The van der Waals surface area contributed by atoms with Crippen LogP contribution in [0.1, 0.15) is 39.5 Å². The molecule has 0 aromatic heterocycles. The molecule has 1 atom stereocenters. The topological polar surface area (TPSA) is 26.3 Å². The van der Waals surface area contributed by atoms with E-state index in [1.165, 1.54) is 6.92 Å². The zero-order valence-electron chi connectivity index (χ0n) is 11.6. The molecule has 9 heteroatoms. The van der Waals surface area contributed by atoms with Crippen LogP contribution >= 0.6 is 0 Å². The first kappa shape index (κ1) is 20.0. The maximum atomic E-state index is 13.2. The highest BCUT2D eigenvalue weighted by Gasteiger charge is 2.49. The maximum Gasteiger partial charge on any atom is 0.394 e. The number of halogens is 7. The molecular formula is C12H17F7O2. The SMILES string of the molecule is CCC(C)C(=O)OCCC(F)(F)CC(F)(F)CC(F)(F)F. The van der Waals surface area contributed by atoms with E-state index in [2.05, 4.69) is 4.74 Å². The van der Waals surface area contributed by atoms with Gasteiger partial charge in [-0.05, 0) is 6.42 Å². The molecule has 0 radical (unpaired) electrons. The minimum absolute atomic E-state index is 0.416. The number of ether oxygens (including phenoxy) is 1. The van der Waals surface area contributed by atoms with E-state index in [1.807, 2.05) is 0 Å². The molecule has 0 aliphatic heterocycles. The molecule has 1 unspecified atom stereocenters. The molecule has 2 nitrogen and oxygen atoms in total. The zero-order valence-corrected chi connectivity index (χ0v) is 11.6. The van der Waals surface area contributed by atoms with Gasteiger partial charge in [-0.15, -0.1) is 0 Å². The molecule has 0 aliphatic rings. The molecule has 126 valence electrons. The van der Waals surface area contributed by atoms with Gasteiger partial charge in [0.2, 0.25) is 0 Å². The van der Waals surface area contributed by atoms with Gasteiger partial charge >= 0.3 is 12.1 Å². The molecule has 0 fully saturated rings. The van der Waals surface area contributed by atoms with Crippen LogP contribution in [0, 0.1) is 5.92 Å². The molecule has 0 N–H and O–H groups in total. The normalized spacial score (nSPS) is 14.9. The standard InChI is InChI=1S/C12H17F7O2/c1-3-8(2)9(20)21-5-4-10(13,14)6-11(15,16)7-12(17,18)19/h8H,3-7H2,1-2H3. The van der Waals surface area contributed by atoms with Crippen molar-refractivity contribution in [3.05, 3.63) is 0 Å². The number of carbonyl (C=O) groups is 1. The predicted molar refractivity (Wildman–Crippen MR) is 60.2 cm³/mol. The number of rotatable bonds is 8. The second-order valence-electron chi connectivity index (χ2n) is 4.91. The van der Waals surface area contributed by atoms with Crippen LogP contribution in [0.5, 0.6) is 0 Å². The third-order valence-corrected chi connectivity index (χ3v) is 2.70. The van der Waals surface area contributed by atoms with Crippen molar-refractivity contribution in [1.82, 2.24) is 0 Å². The summed E-state index contributed by atoms with van der Waals surface area (Å²) in [6, 6.07) is 0. The number of hydrogen-bond donors (Lipinski definition) is 0. The first-order valence-electron chi connectivity index (χ1n) is 6.27. The van der Waals surface area contributed by atoms with Crippen LogP contribution in [0.3, 0.4) is 0 Å². The molecular weight excluding hydrogens is 309 g/mol. The maximum absolute atomic E-state index is 13.2. The Hall–Kier alpha value is -1.02. The van der Waals surface area contributed by atoms with Gasteiger partial charge in [0.15, 0.2) is 0 Å². The van der Waals surface area contributed by atoms with Crippen LogP contribution in [0.2, 0.25) is 0 Å². The van der Waals surface area contributed by atoms with E-state index in [9.17, 15) is 35.5 Å². The zero-order chi connectivity index (χ0) is 16.9. The highest BCUT2D eigenvalue weighted by molar-refractivity contribution is 5.71. The lowest BCUT2D eigenvalue weighted by Gasteiger charge is -2.24. The smallest absolute Gasteiger partial charge is 0.394 e. The molecule has 0 heterocycles. The highest BCUT2D eigenvalue weighted by atomic mass is 19.4. The summed E-state index contributed by atoms with van der Waals surface area (Å²) in [5.74, 6) is -9.90. The fraction of sp³-hybridized carbons (Fsp3) is 0.917. The molecule has 0 bridgehead atoms. The Labute approximate surface area is 117 Å². The van der Waals surface area contributed by atoms with Crippen molar-refractivity contribution in [1.29, 1.82) is 0 Å². The summed E-state index contributed by atoms with van der Waals surface area (Å²) in [4.78, 5) is 11.2. The molecule has 0 rings (SSSR count). The van der Waals surface area contributed by atoms with Gasteiger partial charge in [0.1, 0.15) is 6.42 Å². The van der Waals surface area contributed by atoms with Crippen molar-refractivity contribution in [2.24, 2.45) is 5.92 Å². The molecule has 0 saturated heterocycles. The first-order chi connectivity index (χ1) is 9.28. The lowest BCUT2D eigenvalue weighted by Crippen LogP contribution is -2.34. The largest absolute Gasteiger partial charge is 0.465 e. The van der Waals surface area contributed by atoms with Gasteiger partial charge in [-0.25, -0.2) is 17.6 Å². The average molecular weight is 326 g/mol. The van der Waals surface area contributed by atoms with Gasteiger partial charge in [0, 0.05) is 6.42 Å². The van der Waals surface area contributed by atoms with E-state index in [1.54, 1.807) is 6.92 Å². The summed E-state index contributed by atoms with van der Waals surface area (Å²) in [5.41, 5.74) is 0. The van der Waals surface area contributed by atoms with Gasteiger partial charge in [-0.3, -0.25) is 4.79 Å². The van der Waals surface area contributed by atoms with Crippen LogP contribution in [0.25, 0.3) is 0 Å².